The van der Waals surface area contributed by atoms with Crippen LogP contribution in [0.1, 0.15) is 17.0 Å². The van der Waals surface area contributed by atoms with E-state index in [1.807, 2.05) is 60.0 Å². The molecule has 5 rings (SSSR count). The lowest BCUT2D eigenvalue weighted by Gasteiger charge is -2.09. The number of hydrogen-bond acceptors (Lipinski definition) is 5. The first-order valence-corrected chi connectivity index (χ1v) is 10.3. The average Bonchev–Trinajstić information content (AvgIpc) is 3.45. The summed E-state index contributed by atoms with van der Waals surface area (Å²) in [4.78, 5) is 4.68. The molecule has 0 saturated carbocycles. The lowest BCUT2D eigenvalue weighted by molar-refractivity contribution is 0.534. The molecule has 0 aliphatic rings. The smallest absolute Gasteiger partial charge is 0.192 e. The quantitative estimate of drug-likeness (QED) is 0.381. The van der Waals surface area contributed by atoms with E-state index in [0.29, 0.717) is 6.54 Å². The van der Waals surface area contributed by atoms with Crippen molar-refractivity contribution in [2.24, 2.45) is 0 Å². The molecule has 29 heavy (non-hydrogen) atoms. The topological polar surface area (TPSA) is 61.1 Å². The Morgan fingerprint density at radius 1 is 1.00 bits per heavy atom. The molecule has 4 aromatic heterocycles. The Morgan fingerprint density at radius 3 is 2.66 bits per heavy atom. The van der Waals surface area contributed by atoms with Gasteiger partial charge in [-0.1, -0.05) is 48.2 Å². The van der Waals surface area contributed by atoms with Crippen molar-refractivity contribution in [3.63, 3.8) is 0 Å². The van der Waals surface area contributed by atoms with Crippen LogP contribution in [0.5, 0.6) is 0 Å². The van der Waals surface area contributed by atoms with Gasteiger partial charge in [0.25, 0.3) is 0 Å². The van der Waals surface area contributed by atoms with Crippen molar-refractivity contribution in [1.29, 1.82) is 0 Å². The molecule has 0 radical (unpaired) electrons. The molecule has 144 valence electrons. The highest BCUT2D eigenvalue weighted by atomic mass is 32.2. The van der Waals surface area contributed by atoms with Crippen LogP contribution in [-0.2, 0) is 12.3 Å². The van der Waals surface area contributed by atoms with Gasteiger partial charge in [0.2, 0.25) is 0 Å². The van der Waals surface area contributed by atoms with Crippen LogP contribution in [0.2, 0.25) is 0 Å². The Bertz CT molecular complexity index is 1220. The minimum Gasteiger partial charge on any atom is -0.469 e. The van der Waals surface area contributed by atoms with Gasteiger partial charge < -0.3 is 8.82 Å². The summed E-state index contributed by atoms with van der Waals surface area (Å²) in [6.07, 6.45) is 5.76. The highest BCUT2D eigenvalue weighted by Gasteiger charge is 2.18. The van der Waals surface area contributed by atoms with Crippen molar-refractivity contribution in [1.82, 2.24) is 24.1 Å². The number of aryl methyl sites for hydroxylation is 1. The molecule has 1 aromatic carbocycles. The molecule has 0 amide bonds. The van der Waals surface area contributed by atoms with Gasteiger partial charge in [0, 0.05) is 18.1 Å². The third-order valence-electron chi connectivity index (χ3n) is 4.76. The van der Waals surface area contributed by atoms with E-state index in [4.69, 9.17) is 4.42 Å². The van der Waals surface area contributed by atoms with E-state index in [2.05, 4.69) is 38.1 Å². The van der Waals surface area contributed by atoms with Crippen molar-refractivity contribution in [2.45, 2.75) is 24.4 Å². The van der Waals surface area contributed by atoms with E-state index in [1.165, 1.54) is 5.56 Å². The van der Waals surface area contributed by atoms with E-state index in [0.717, 1.165) is 39.4 Å². The lowest BCUT2D eigenvalue weighted by Crippen LogP contribution is -2.04. The zero-order valence-corrected chi connectivity index (χ0v) is 16.7. The van der Waals surface area contributed by atoms with Crippen LogP contribution >= 0.6 is 11.8 Å². The number of fused-ring (bicyclic) bond motifs is 1. The molecule has 4 heterocycles. The monoisotopic (exact) mass is 401 g/mol. The predicted octanol–water partition coefficient (Wildman–Crippen LogP) is 4.83. The molecule has 6 nitrogen and oxygen atoms in total. The van der Waals surface area contributed by atoms with Gasteiger partial charge >= 0.3 is 0 Å². The van der Waals surface area contributed by atoms with Gasteiger partial charge in [-0.2, -0.15) is 0 Å². The molecule has 0 bridgehead atoms. The number of pyridine rings is 1. The van der Waals surface area contributed by atoms with Crippen molar-refractivity contribution < 1.29 is 4.42 Å². The second-order valence-electron chi connectivity index (χ2n) is 6.76. The zero-order valence-electron chi connectivity index (χ0n) is 15.9. The summed E-state index contributed by atoms with van der Waals surface area (Å²) in [5.74, 6) is 2.38. The molecule has 0 spiro atoms. The molecule has 0 aliphatic carbocycles. The summed E-state index contributed by atoms with van der Waals surface area (Å²) in [6, 6.07) is 18.3. The standard InChI is InChI=1S/C22H19N5OS/c1-16-19(10-12-28-16)21-24-25-22(27(21)13-17-7-3-2-4-8-17)29-15-18-14-26-11-6-5-9-20(26)23-18/h2-12,14H,13,15H2,1H3. The van der Waals surface area contributed by atoms with Gasteiger partial charge in [-0.05, 0) is 30.7 Å². The van der Waals surface area contributed by atoms with Gasteiger partial charge in [0.1, 0.15) is 11.4 Å². The molecule has 5 aromatic rings. The average molecular weight is 401 g/mol. The summed E-state index contributed by atoms with van der Waals surface area (Å²) in [5, 5.41) is 9.82. The van der Waals surface area contributed by atoms with E-state index in [-0.39, 0.29) is 0 Å². The molecular formula is C22H19N5OS. The fourth-order valence-electron chi connectivity index (χ4n) is 3.32. The van der Waals surface area contributed by atoms with E-state index in [9.17, 15) is 0 Å². The highest BCUT2D eigenvalue weighted by molar-refractivity contribution is 7.98. The first kappa shape index (κ1) is 17.8. The Hall–Kier alpha value is -3.32. The number of benzene rings is 1. The number of nitrogens with zero attached hydrogens (tertiary/aromatic N) is 5. The molecule has 0 fully saturated rings. The Morgan fingerprint density at radius 2 is 1.86 bits per heavy atom. The summed E-state index contributed by atoms with van der Waals surface area (Å²) >= 11 is 1.64. The van der Waals surface area contributed by atoms with Crippen LogP contribution in [0, 0.1) is 6.92 Å². The fourth-order valence-corrected chi connectivity index (χ4v) is 4.14. The minimum atomic E-state index is 0.696. The second-order valence-corrected chi connectivity index (χ2v) is 7.70. The fraction of sp³-hybridized carbons (Fsp3) is 0.136. The maximum absolute atomic E-state index is 5.50. The lowest BCUT2D eigenvalue weighted by atomic mass is 10.2. The SMILES string of the molecule is Cc1occc1-c1nnc(SCc2cn3ccccc3n2)n1Cc1ccccc1. The number of hydrogen-bond donors (Lipinski definition) is 0. The van der Waals surface area contributed by atoms with E-state index >= 15 is 0 Å². The zero-order chi connectivity index (χ0) is 19.6. The second kappa shape index (κ2) is 7.60. The normalized spacial score (nSPS) is 11.3. The number of imidazole rings is 1. The summed E-state index contributed by atoms with van der Waals surface area (Å²) in [6.45, 7) is 2.64. The Labute approximate surface area is 172 Å². The summed E-state index contributed by atoms with van der Waals surface area (Å²) < 4.78 is 9.67. The number of aromatic nitrogens is 5. The minimum absolute atomic E-state index is 0.696. The largest absolute Gasteiger partial charge is 0.469 e. The molecule has 7 heteroatoms. The maximum Gasteiger partial charge on any atom is 0.192 e. The molecule has 0 N–H and O–H groups in total. The van der Waals surface area contributed by atoms with Crippen LogP contribution in [0.3, 0.4) is 0 Å². The van der Waals surface area contributed by atoms with E-state index < -0.39 is 0 Å². The van der Waals surface area contributed by atoms with Crippen LogP contribution < -0.4 is 0 Å². The Balaban J connectivity index is 1.46. The first-order valence-electron chi connectivity index (χ1n) is 9.35. The van der Waals surface area contributed by atoms with Crippen molar-refractivity contribution >= 4 is 17.4 Å². The molecule has 0 atom stereocenters. The highest BCUT2D eigenvalue weighted by Crippen LogP contribution is 2.29. The van der Waals surface area contributed by atoms with Crippen LogP contribution in [0.4, 0.5) is 0 Å². The van der Waals surface area contributed by atoms with Crippen LogP contribution in [0.15, 0.2) is 82.8 Å². The third kappa shape index (κ3) is 3.56. The van der Waals surface area contributed by atoms with Gasteiger partial charge in [-0.25, -0.2) is 4.98 Å². The molecule has 0 aliphatic heterocycles. The van der Waals surface area contributed by atoms with E-state index in [1.54, 1.807) is 18.0 Å². The van der Waals surface area contributed by atoms with Gasteiger partial charge in [-0.15, -0.1) is 10.2 Å². The third-order valence-corrected chi connectivity index (χ3v) is 5.76. The molecule has 0 saturated heterocycles. The van der Waals surface area contributed by atoms with Crippen molar-refractivity contribution in [2.75, 3.05) is 0 Å². The van der Waals surface area contributed by atoms with Gasteiger partial charge in [-0.3, -0.25) is 4.57 Å². The van der Waals surface area contributed by atoms with Crippen LogP contribution in [0.25, 0.3) is 17.0 Å². The molecular weight excluding hydrogens is 382 g/mol. The summed E-state index contributed by atoms with van der Waals surface area (Å²) in [7, 11) is 0. The van der Waals surface area contributed by atoms with Gasteiger partial charge in [0.15, 0.2) is 11.0 Å². The Kier molecular flexibility index (Phi) is 4.65. The number of thioether (sulfide) groups is 1. The molecule has 0 unspecified atom stereocenters. The number of furan rings is 1. The maximum atomic E-state index is 5.50. The van der Waals surface area contributed by atoms with Crippen LogP contribution in [-0.4, -0.2) is 24.1 Å². The van der Waals surface area contributed by atoms with Crippen molar-refractivity contribution in [3.8, 4) is 11.4 Å². The first-order chi connectivity index (χ1) is 14.3. The van der Waals surface area contributed by atoms with Gasteiger partial charge in [0.05, 0.1) is 24.1 Å². The number of rotatable bonds is 6. The summed E-state index contributed by atoms with van der Waals surface area (Å²) in [5.41, 5.74) is 4.12. The predicted molar refractivity (Wildman–Crippen MR) is 113 cm³/mol. The van der Waals surface area contributed by atoms with Crippen molar-refractivity contribution in [3.05, 3.63) is 90.3 Å².